The summed E-state index contributed by atoms with van der Waals surface area (Å²) in [5.74, 6) is 0.730. The molecule has 0 aromatic heterocycles. The Balaban J connectivity index is 1.57. The van der Waals surface area contributed by atoms with Gasteiger partial charge < -0.3 is 9.47 Å². The predicted octanol–water partition coefficient (Wildman–Crippen LogP) is 4.46. The van der Waals surface area contributed by atoms with Gasteiger partial charge in [0.2, 0.25) is 0 Å². The van der Waals surface area contributed by atoms with Crippen molar-refractivity contribution < 1.29 is 14.3 Å². The van der Waals surface area contributed by atoms with Gasteiger partial charge in [-0.2, -0.15) is 5.26 Å². The first-order valence-electron chi connectivity index (χ1n) is 9.07. The molecule has 0 amide bonds. The van der Waals surface area contributed by atoms with E-state index in [9.17, 15) is 4.79 Å². The van der Waals surface area contributed by atoms with Crippen molar-refractivity contribution >= 4 is 5.97 Å². The van der Waals surface area contributed by atoms with Gasteiger partial charge in [0.25, 0.3) is 0 Å². The molecule has 0 heterocycles. The molecule has 0 bridgehead atoms. The van der Waals surface area contributed by atoms with Crippen molar-refractivity contribution in [2.75, 3.05) is 13.2 Å². The molecule has 0 saturated carbocycles. The van der Waals surface area contributed by atoms with E-state index in [0.717, 1.165) is 37.0 Å². The lowest BCUT2D eigenvalue weighted by Gasteiger charge is -2.06. The van der Waals surface area contributed by atoms with Gasteiger partial charge in [0, 0.05) is 6.42 Å². The minimum atomic E-state index is -0.143. The van der Waals surface area contributed by atoms with Crippen LogP contribution in [0.2, 0.25) is 0 Å². The maximum Gasteiger partial charge on any atom is 0.305 e. The van der Waals surface area contributed by atoms with Crippen molar-refractivity contribution in [1.29, 1.82) is 5.26 Å². The molecular weight excluding hydrogens is 326 g/mol. The molecule has 0 N–H and O–H groups in total. The third kappa shape index (κ3) is 6.98. The van der Waals surface area contributed by atoms with E-state index in [1.807, 2.05) is 55.5 Å². The number of ether oxygens (including phenoxy) is 2. The fourth-order valence-corrected chi connectivity index (χ4v) is 2.64. The number of hydrogen-bond donors (Lipinski definition) is 0. The van der Waals surface area contributed by atoms with Gasteiger partial charge in [-0.25, -0.2) is 0 Å². The molecule has 0 aliphatic heterocycles. The number of benzene rings is 2. The molecule has 2 aromatic carbocycles. The highest BCUT2D eigenvalue weighted by molar-refractivity contribution is 5.69. The summed E-state index contributed by atoms with van der Waals surface area (Å²) in [6.45, 7) is 3.06. The van der Waals surface area contributed by atoms with Crippen LogP contribution in [0.3, 0.4) is 0 Å². The number of esters is 1. The first-order valence-corrected chi connectivity index (χ1v) is 9.07. The Morgan fingerprint density at radius 2 is 1.58 bits per heavy atom. The molecule has 0 atom stereocenters. The Labute approximate surface area is 155 Å². The summed E-state index contributed by atoms with van der Waals surface area (Å²) in [7, 11) is 0. The number of carbonyl (C=O) groups is 1. The van der Waals surface area contributed by atoms with Crippen molar-refractivity contribution in [1.82, 2.24) is 0 Å². The molecule has 0 aliphatic carbocycles. The number of nitrogens with zero attached hydrogens (tertiary/aromatic N) is 1. The Morgan fingerprint density at radius 1 is 0.962 bits per heavy atom. The zero-order chi connectivity index (χ0) is 18.6. The van der Waals surface area contributed by atoms with Gasteiger partial charge in [0.1, 0.15) is 5.75 Å². The van der Waals surface area contributed by atoms with Crippen LogP contribution in [-0.4, -0.2) is 19.2 Å². The Morgan fingerprint density at radius 3 is 2.19 bits per heavy atom. The summed E-state index contributed by atoms with van der Waals surface area (Å²) in [5, 5.41) is 8.77. The molecule has 4 heteroatoms. The maximum atomic E-state index is 11.8. The molecule has 136 valence electrons. The average molecular weight is 351 g/mol. The van der Waals surface area contributed by atoms with E-state index in [1.54, 1.807) is 0 Å². The number of aryl methyl sites for hydroxylation is 2. The summed E-state index contributed by atoms with van der Waals surface area (Å²) >= 11 is 0. The molecule has 0 saturated heterocycles. The molecule has 4 nitrogen and oxygen atoms in total. The fraction of sp³-hybridized carbons (Fsp3) is 0.364. The first kappa shape index (κ1) is 19.5. The van der Waals surface area contributed by atoms with Gasteiger partial charge in [0.05, 0.1) is 24.8 Å². The van der Waals surface area contributed by atoms with Crippen LogP contribution in [-0.2, 0) is 22.4 Å². The zero-order valence-corrected chi connectivity index (χ0v) is 15.2. The molecule has 26 heavy (non-hydrogen) atoms. The Hall–Kier alpha value is -2.80. The minimum absolute atomic E-state index is 0.143. The van der Waals surface area contributed by atoms with Gasteiger partial charge in [-0.3, -0.25) is 4.79 Å². The van der Waals surface area contributed by atoms with E-state index < -0.39 is 0 Å². The van der Waals surface area contributed by atoms with Crippen molar-refractivity contribution in [3.8, 4) is 11.8 Å². The van der Waals surface area contributed by atoms with E-state index in [2.05, 4.69) is 6.07 Å². The third-order valence-electron chi connectivity index (χ3n) is 4.04. The Kier molecular flexibility index (Phi) is 8.21. The van der Waals surface area contributed by atoms with Crippen molar-refractivity contribution in [3.63, 3.8) is 0 Å². The summed E-state index contributed by atoms with van der Waals surface area (Å²) in [6.07, 6.45) is 3.70. The van der Waals surface area contributed by atoms with Crippen LogP contribution in [0.15, 0.2) is 48.5 Å². The molecular formula is C22H25NO3. The second-order valence-corrected chi connectivity index (χ2v) is 6.06. The van der Waals surface area contributed by atoms with Crippen molar-refractivity contribution in [2.24, 2.45) is 0 Å². The lowest BCUT2D eigenvalue weighted by Crippen LogP contribution is -2.07. The number of nitriles is 1. The second-order valence-electron chi connectivity index (χ2n) is 6.06. The van der Waals surface area contributed by atoms with Crippen LogP contribution < -0.4 is 4.74 Å². The van der Waals surface area contributed by atoms with Gasteiger partial charge >= 0.3 is 5.97 Å². The third-order valence-corrected chi connectivity index (χ3v) is 4.04. The highest BCUT2D eigenvalue weighted by Crippen LogP contribution is 2.14. The smallest absolute Gasteiger partial charge is 0.305 e. The highest BCUT2D eigenvalue weighted by Gasteiger charge is 2.04. The van der Waals surface area contributed by atoms with Crippen LogP contribution in [0.5, 0.6) is 5.75 Å². The Bertz CT molecular complexity index is 715. The largest absolute Gasteiger partial charge is 0.494 e. The molecule has 0 spiro atoms. The van der Waals surface area contributed by atoms with Gasteiger partial charge in [-0.05, 0) is 68.0 Å². The van der Waals surface area contributed by atoms with Gasteiger partial charge in [-0.15, -0.1) is 0 Å². The van der Waals surface area contributed by atoms with Crippen LogP contribution in [0, 0.1) is 11.3 Å². The van der Waals surface area contributed by atoms with Gasteiger partial charge in [-0.1, -0.05) is 24.3 Å². The van der Waals surface area contributed by atoms with Crippen LogP contribution in [0.4, 0.5) is 0 Å². The molecule has 0 unspecified atom stereocenters. The standard InChI is InChI=1S/C22H25NO3/c1-2-25-21-14-12-18(13-15-21)5-3-7-22(24)26-16-4-6-19-8-10-20(17-23)11-9-19/h8-15H,2-7,16H2,1H3. The first-order chi connectivity index (χ1) is 12.7. The van der Waals surface area contributed by atoms with Crippen LogP contribution >= 0.6 is 0 Å². The van der Waals surface area contributed by atoms with E-state index >= 15 is 0 Å². The van der Waals surface area contributed by atoms with Crippen molar-refractivity contribution in [3.05, 3.63) is 65.2 Å². The second kappa shape index (κ2) is 10.9. The summed E-state index contributed by atoms with van der Waals surface area (Å²) < 4.78 is 10.7. The molecule has 0 fully saturated rings. The van der Waals surface area contributed by atoms with Gasteiger partial charge in [0.15, 0.2) is 0 Å². The highest BCUT2D eigenvalue weighted by atomic mass is 16.5. The minimum Gasteiger partial charge on any atom is -0.494 e. The SMILES string of the molecule is CCOc1ccc(CCCC(=O)OCCCc2ccc(C#N)cc2)cc1. The van der Waals surface area contributed by atoms with Crippen molar-refractivity contribution in [2.45, 2.75) is 39.0 Å². The summed E-state index contributed by atoms with van der Waals surface area (Å²) in [5.41, 5.74) is 3.00. The lowest BCUT2D eigenvalue weighted by molar-refractivity contribution is -0.143. The van der Waals surface area contributed by atoms with E-state index in [-0.39, 0.29) is 5.97 Å². The molecule has 2 rings (SSSR count). The number of rotatable bonds is 10. The molecule has 2 aromatic rings. The zero-order valence-electron chi connectivity index (χ0n) is 15.2. The summed E-state index contributed by atoms with van der Waals surface area (Å²) in [6, 6.07) is 17.6. The van der Waals surface area contributed by atoms with E-state index in [4.69, 9.17) is 14.7 Å². The van der Waals surface area contributed by atoms with Crippen LogP contribution in [0.25, 0.3) is 0 Å². The topological polar surface area (TPSA) is 59.3 Å². The monoisotopic (exact) mass is 351 g/mol. The van der Waals surface area contributed by atoms with E-state index in [1.165, 1.54) is 5.56 Å². The predicted molar refractivity (Wildman–Crippen MR) is 101 cm³/mol. The summed E-state index contributed by atoms with van der Waals surface area (Å²) in [4.78, 5) is 11.8. The number of carbonyl (C=O) groups excluding carboxylic acids is 1. The fourth-order valence-electron chi connectivity index (χ4n) is 2.64. The normalized spacial score (nSPS) is 10.2. The maximum absolute atomic E-state index is 11.8. The van der Waals surface area contributed by atoms with E-state index in [0.29, 0.717) is 25.2 Å². The quantitative estimate of drug-likeness (QED) is 0.468. The average Bonchev–Trinajstić information content (AvgIpc) is 2.67. The number of hydrogen-bond acceptors (Lipinski definition) is 4. The molecule has 0 radical (unpaired) electrons. The lowest BCUT2D eigenvalue weighted by atomic mass is 10.1. The van der Waals surface area contributed by atoms with Crippen LogP contribution in [0.1, 0.15) is 42.9 Å². The molecule has 0 aliphatic rings.